The highest BCUT2D eigenvalue weighted by atomic mass is 35.5. The number of carbonyl (C=O) groups excluding carboxylic acids is 1. The molecule has 0 atom stereocenters. The van der Waals surface area contributed by atoms with Gasteiger partial charge in [0.05, 0.1) is 21.4 Å². The predicted molar refractivity (Wildman–Crippen MR) is 144 cm³/mol. The molecule has 5 rings (SSSR count). The smallest absolute Gasteiger partial charge is 0.256 e. The topological polar surface area (TPSA) is 44.4 Å². The van der Waals surface area contributed by atoms with Crippen LogP contribution in [-0.4, -0.2) is 32.1 Å². The van der Waals surface area contributed by atoms with Gasteiger partial charge in [-0.15, -0.1) is 0 Å². The summed E-state index contributed by atoms with van der Waals surface area (Å²) in [7, 11) is 0. The molecule has 0 aromatic heterocycles. The van der Waals surface area contributed by atoms with Crippen LogP contribution in [0.25, 0.3) is 21.9 Å². The molecule has 1 aliphatic rings. The summed E-state index contributed by atoms with van der Waals surface area (Å²) in [4.78, 5) is 15.7. The van der Waals surface area contributed by atoms with Crippen molar-refractivity contribution < 1.29 is 4.79 Å². The molecule has 4 aromatic carbocycles. The van der Waals surface area contributed by atoms with Crippen LogP contribution in [0.4, 0.5) is 11.4 Å². The molecule has 1 aliphatic heterocycles. The molecule has 1 heterocycles. The Morgan fingerprint density at radius 1 is 0.882 bits per heavy atom. The molecule has 0 radical (unpaired) electrons. The summed E-state index contributed by atoms with van der Waals surface area (Å²) < 4.78 is 0. The number of halogens is 3. The van der Waals surface area contributed by atoms with E-state index < -0.39 is 0 Å². The Morgan fingerprint density at radius 2 is 1.65 bits per heavy atom. The Morgan fingerprint density at radius 3 is 2.47 bits per heavy atom. The average Bonchev–Trinajstić information content (AvgIpc) is 2.86. The Balaban J connectivity index is 1.58. The van der Waals surface area contributed by atoms with Crippen LogP contribution in [0.2, 0.25) is 15.1 Å². The van der Waals surface area contributed by atoms with Crippen molar-refractivity contribution in [2.45, 2.75) is 0 Å². The Kier molecular flexibility index (Phi) is 6.66. The minimum absolute atomic E-state index is 0.166. The third-order valence-electron chi connectivity index (χ3n) is 6.04. The van der Waals surface area contributed by atoms with E-state index in [1.807, 2.05) is 60.7 Å². The minimum atomic E-state index is -0.166. The van der Waals surface area contributed by atoms with Gasteiger partial charge in [0.15, 0.2) is 0 Å². The number of anilines is 2. The first-order valence-corrected chi connectivity index (χ1v) is 12.2. The molecular weight excluding hydrogens is 489 g/mol. The molecule has 0 spiro atoms. The van der Waals surface area contributed by atoms with Crippen molar-refractivity contribution >= 4 is 62.9 Å². The zero-order chi connectivity index (χ0) is 23.7. The zero-order valence-corrected chi connectivity index (χ0v) is 20.5. The van der Waals surface area contributed by atoms with E-state index in [4.69, 9.17) is 34.8 Å². The summed E-state index contributed by atoms with van der Waals surface area (Å²) in [6.45, 7) is 3.46. The van der Waals surface area contributed by atoms with Crippen LogP contribution in [0.15, 0.2) is 72.8 Å². The van der Waals surface area contributed by atoms with Gasteiger partial charge in [-0.25, -0.2) is 0 Å². The number of piperazine rings is 1. The maximum absolute atomic E-state index is 13.5. The predicted octanol–water partition coefficient (Wildman–Crippen LogP) is 7.13. The normalized spacial score (nSPS) is 13.8. The van der Waals surface area contributed by atoms with Crippen LogP contribution in [-0.2, 0) is 0 Å². The highest BCUT2D eigenvalue weighted by Gasteiger charge is 2.19. The van der Waals surface area contributed by atoms with E-state index in [0.717, 1.165) is 48.2 Å². The SMILES string of the molecule is O=C(Nc1cc(-c2cc(Cl)cc(Cl)c2Cl)ccc1N1CCNCC1)c1cccc2ccccc12. The van der Waals surface area contributed by atoms with Crippen LogP contribution in [0.1, 0.15) is 10.4 Å². The van der Waals surface area contributed by atoms with Gasteiger partial charge in [0.2, 0.25) is 0 Å². The summed E-state index contributed by atoms with van der Waals surface area (Å²) in [6.07, 6.45) is 0. The molecule has 0 aliphatic carbocycles. The number of hydrogen-bond donors (Lipinski definition) is 2. The lowest BCUT2D eigenvalue weighted by atomic mass is 10.0. The molecule has 0 bridgehead atoms. The van der Waals surface area contributed by atoms with Crippen molar-refractivity contribution in [3.63, 3.8) is 0 Å². The molecule has 0 saturated carbocycles. The van der Waals surface area contributed by atoms with Crippen molar-refractivity contribution in [3.8, 4) is 11.1 Å². The molecule has 172 valence electrons. The van der Waals surface area contributed by atoms with Gasteiger partial charge in [0.1, 0.15) is 0 Å². The van der Waals surface area contributed by atoms with Gasteiger partial charge in [-0.2, -0.15) is 0 Å². The monoisotopic (exact) mass is 509 g/mol. The van der Waals surface area contributed by atoms with Crippen LogP contribution in [0.5, 0.6) is 0 Å². The molecule has 1 amide bonds. The third kappa shape index (κ3) is 4.59. The van der Waals surface area contributed by atoms with Crippen molar-refractivity contribution in [3.05, 3.63) is 93.4 Å². The molecule has 0 unspecified atom stereocenters. The summed E-state index contributed by atoms with van der Waals surface area (Å²) in [6, 6.07) is 23.0. The van der Waals surface area contributed by atoms with E-state index in [2.05, 4.69) is 15.5 Å². The number of amides is 1. The van der Waals surface area contributed by atoms with Crippen molar-refractivity contribution in [2.75, 3.05) is 36.4 Å². The molecule has 34 heavy (non-hydrogen) atoms. The highest BCUT2D eigenvalue weighted by molar-refractivity contribution is 6.45. The summed E-state index contributed by atoms with van der Waals surface area (Å²) in [5.74, 6) is -0.166. The number of nitrogens with zero attached hydrogens (tertiary/aromatic N) is 1. The van der Waals surface area contributed by atoms with E-state index in [9.17, 15) is 4.79 Å². The van der Waals surface area contributed by atoms with Crippen LogP contribution in [0, 0.1) is 0 Å². The largest absolute Gasteiger partial charge is 0.367 e. The molecule has 2 N–H and O–H groups in total. The molecule has 7 heteroatoms. The second kappa shape index (κ2) is 9.85. The van der Waals surface area contributed by atoms with Gasteiger partial charge in [-0.3, -0.25) is 4.79 Å². The maximum Gasteiger partial charge on any atom is 0.256 e. The number of hydrogen-bond acceptors (Lipinski definition) is 3. The van der Waals surface area contributed by atoms with Crippen LogP contribution >= 0.6 is 34.8 Å². The van der Waals surface area contributed by atoms with Gasteiger partial charge in [-0.1, -0.05) is 77.3 Å². The molecule has 1 fully saturated rings. The van der Waals surface area contributed by atoms with Crippen LogP contribution < -0.4 is 15.5 Å². The van der Waals surface area contributed by atoms with Crippen molar-refractivity contribution in [1.29, 1.82) is 0 Å². The number of nitrogens with one attached hydrogen (secondary N) is 2. The lowest BCUT2D eigenvalue weighted by molar-refractivity contribution is 0.102. The Bertz CT molecular complexity index is 1380. The van der Waals surface area contributed by atoms with Crippen LogP contribution in [0.3, 0.4) is 0 Å². The number of fused-ring (bicyclic) bond motifs is 1. The second-order valence-corrected chi connectivity index (χ2v) is 9.42. The number of carbonyl (C=O) groups is 1. The van der Waals surface area contributed by atoms with Gasteiger partial charge in [0.25, 0.3) is 5.91 Å². The zero-order valence-electron chi connectivity index (χ0n) is 18.2. The molecular formula is C27H22Cl3N3O. The fourth-order valence-electron chi connectivity index (χ4n) is 4.36. The standard InChI is InChI=1S/C27H22Cl3N3O/c28-19-15-22(26(30)23(29)16-19)18-8-9-25(33-12-10-31-11-13-33)24(14-18)32-27(34)21-7-3-5-17-4-1-2-6-20(17)21/h1-9,14-16,31H,10-13H2,(H,32,34). The van der Waals surface area contributed by atoms with E-state index in [0.29, 0.717) is 31.9 Å². The molecule has 4 nitrogen and oxygen atoms in total. The summed E-state index contributed by atoms with van der Waals surface area (Å²) in [5, 5.41) is 9.77. The Hall–Kier alpha value is -2.76. The lowest BCUT2D eigenvalue weighted by Gasteiger charge is -2.31. The summed E-state index contributed by atoms with van der Waals surface area (Å²) in [5.41, 5.74) is 3.83. The second-order valence-electron chi connectivity index (χ2n) is 8.20. The first kappa shape index (κ1) is 23.0. The molecule has 4 aromatic rings. The van der Waals surface area contributed by atoms with E-state index in [1.165, 1.54) is 0 Å². The third-order valence-corrected chi connectivity index (χ3v) is 7.06. The van der Waals surface area contributed by atoms with Gasteiger partial charge in [-0.05, 0) is 46.7 Å². The summed E-state index contributed by atoms with van der Waals surface area (Å²) >= 11 is 19.0. The van der Waals surface area contributed by atoms with Gasteiger partial charge >= 0.3 is 0 Å². The first-order chi connectivity index (χ1) is 16.5. The van der Waals surface area contributed by atoms with Crippen molar-refractivity contribution in [2.24, 2.45) is 0 Å². The fraction of sp³-hybridized carbons (Fsp3) is 0.148. The number of rotatable bonds is 4. The van der Waals surface area contributed by atoms with Gasteiger partial charge < -0.3 is 15.5 Å². The quantitative estimate of drug-likeness (QED) is 0.287. The van der Waals surface area contributed by atoms with E-state index in [1.54, 1.807) is 12.1 Å². The Labute approximate surface area is 213 Å². The average molecular weight is 511 g/mol. The van der Waals surface area contributed by atoms with E-state index in [-0.39, 0.29) is 5.91 Å². The number of benzene rings is 4. The maximum atomic E-state index is 13.5. The van der Waals surface area contributed by atoms with E-state index >= 15 is 0 Å². The highest BCUT2D eigenvalue weighted by Crippen LogP contribution is 2.39. The fourth-order valence-corrected chi connectivity index (χ4v) is 5.08. The first-order valence-electron chi connectivity index (χ1n) is 11.0. The van der Waals surface area contributed by atoms with Crippen molar-refractivity contribution in [1.82, 2.24) is 5.32 Å². The minimum Gasteiger partial charge on any atom is -0.367 e. The lowest BCUT2D eigenvalue weighted by Crippen LogP contribution is -2.43. The molecule has 1 saturated heterocycles. The van der Waals surface area contributed by atoms with Gasteiger partial charge in [0, 0.05) is 42.3 Å².